The molecular weight excluding hydrogens is 496 g/mol. The molecule has 0 radical (unpaired) electrons. The van der Waals surface area contributed by atoms with Gasteiger partial charge in [0.05, 0.1) is 29.0 Å². The molecule has 1 aliphatic rings. The highest BCUT2D eigenvalue weighted by molar-refractivity contribution is 7.92. The Hall–Kier alpha value is -3.73. The lowest BCUT2D eigenvalue weighted by Crippen LogP contribution is -2.36. The van der Waals surface area contributed by atoms with Gasteiger partial charge in [0.2, 0.25) is 21.7 Å². The van der Waals surface area contributed by atoms with E-state index < -0.39 is 27.8 Å². The molecule has 1 aromatic carbocycles. The molecule has 4 rings (SSSR count). The molecule has 1 fully saturated rings. The van der Waals surface area contributed by atoms with Crippen LogP contribution in [0.5, 0.6) is 0 Å². The van der Waals surface area contributed by atoms with Crippen molar-refractivity contribution in [3.8, 4) is 11.5 Å². The summed E-state index contributed by atoms with van der Waals surface area (Å²) in [4.78, 5) is 28.9. The molecule has 2 heterocycles. The fourth-order valence-corrected chi connectivity index (χ4v) is 5.71. The number of aromatic nitrogens is 2. The Kier molecular flexibility index (Phi) is 7.91. The zero-order valence-electron chi connectivity index (χ0n) is 20.7. The smallest absolute Gasteiger partial charge is 0.307 e. The molecule has 3 aromatic rings. The zero-order chi connectivity index (χ0) is 26.6. The summed E-state index contributed by atoms with van der Waals surface area (Å²) in [5.41, 5.74) is 2.76. The van der Waals surface area contributed by atoms with Gasteiger partial charge in [0.15, 0.2) is 0 Å². The number of carboxylic acids is 1. The number of pyridine rings is 1. The van der Waals surface area contributed by atoms with Gasteiger partial charge in [0.1, 0.15) is 17.1 Å². The van der Waals surface area contributed by atoms with Gasteiger partial charge >= 0.3 is 5.97 Å². The maximum atomic E-state index is 12.9. The van der Waals surface area contributed by atoms with Gasteiger partial charge in [-0.2, -0.15) is 0 Å². The van der Waals surface area contributed by atoms with Crippen molar-refractivity contribution >= 4 is 33.3 Å². The minimum absolute atomic E-state index is 0.114. The van der Waals surface area contributed by atoms with Crippen molar-refractivity contribution in [2.75, 3.05) is 15.8 Å². The number of rotatable bonds is 9. The van der Waals surface area contributed by atoms with E-state index in [4.69, 9.17) is 4.52 Å². The molecule has 2 atom stereocenters. The van der Waals surface area contributed by atoms with Crippen LogP contribution in [0.25, 0.3) is 11.5 Å². The first-order valence-corrected chi connectivity index (χ1v) is 13.8. The molecule has 11 heteroatoms. The Morgan fingerprint density at radius 3 is 2.41 bits per heavy atom. The predicted molar refractivity (Wildman–Crippen MR) is 138 cm³/mol. The van der Waals surface area contributed by atoms with Crippen LogP contribution in [0.1, 0.15) is 42.6 Å². The number of carboxylic acid groups (broad SMARTS) is 1. The number of carbonyl (C=O) groups excluding carboxylic acids is 1. The van der Waals surface area contributed by atoms with Crippen LogP contribution in [0.2, 0.25) is 0 Å². The normalized spacial score (nSPS) is 17.8. The highest BCUT2D eigenvalue weighted by Crippen LogP contribution is 2.34. The first-order valence-electron chi connectivity index (χ1n) is 12.2. The number of aryl methyl sites for hydroxylation is 3. The predicted octanol–water partition coefficient (Wildman–Crippen LogP) is 4.17. The fourth-order valence-electron chi connectivity index (χ4n) is 4.55. The Morgan fingerprint density at radius 2 is 1.73 bits per heavy atom. The first-order chi connectivity index (χ1) is 17.6. The first kappa shape index (κ1) is 26.3. The lowest BCUT2D eigenvalue weighted by Gasteiger charge is -2.27. The van der Waals surface area contributed by atoms with Crippen LogP contribution in [0.15, 0.2) is 47.0 Å². The topological polar surface area (TPSA) is 151 Å². The maximum Gasteiger partial charge on any atom is 0.307 e. The van der Waals surface area contributed by atoms with Gasteiger partial charge in [0, 0.05) is 0 Å². The number of hydrogen-bond acceptors (Lipinski definition) is 7. The maximum absolute atomic E-state index is 12.9. The highest BCUT2D eigenvalue weighted by atomic mass is 32.2. The summed E-state index contributed by atoms with van der Waals surface area (Å²) >= 11 is 0. The SMILES string of the molecule is Cc1nc(-c2onc(C)c2NS(=O)(=O)CCc2ccccc2)ccc1NC(=O)[C@H]1CCCC[C@@H]1C(=O)O. The van der Waals surface area contributed by atoms with E-state index in [0.29, 0.717) is 42.0 Å². The van der Waals surface area contributed by atoms with Gasteiger partial charge in [-0.25, -0.2) is 13.4 Å². The number of nitrogens with one attached hydrogen (secondary N) is 2. The van der Waals surface area contributed by atoms with Crippen molar-refractivity contribution in [3.05, 3.63) is 59.4 Å². The Morgan fingerprint density at radius 1 is 1.03 bits per heavy atom. The minimum Gasteiger partial charge on any atom is -0.481 e. The van der Waals surface area contributed by atoms with Crippen LogP contribution in [0.3, 0.4) is 0 Å². The van der Waals surface area contributed by atoms with Crippen LogP contribution < -0.4 is 10.0 Å². The van der Waals surface area contributed by atoms with Crippen molar-refractivity contribution in [2.45, 2.75) is 46.0 Å². The van der Waals surface area contributed by atoms with E-state index in [1.807, 2.05) is 30.3 Å². The van der Waals surface area contributed by atoms with E-state index in [1.54, 1.807) is 26.0 Å². The summed E-state index contributed by atoms with van der Waals surface area (Å²) in [6.07, 6.45) is 2.97. The van der Waals surface area contributed by atoms with Crippen molar-refractivity contribution in [1.82, 2.24) is 10.1 Å². The van der Waals surface area contributed by atoms with Crippen LogP contribution >= 0.6 is 0 Å². The Balaban J connectivity index is 1.49. The summed E-state index contributed by atoms with van der Waals surface area (Å²) in [5, 5.41) is 16.2. The quantitative estimate of drug-likeness (QED) is 0.376. The number of sulfonamides is 1. The summed E-state index contributed by atoms with van der Waals surface area (Å²) < 4.78 is 33.6. The van der Waals surface area contributed by atoms with Gasteiger partial charge < -0.3 is 14.9 Å². The van der Waals surface area contributed by atoms with Crippen molar-refractivity contribution in [1.29, 1.82) is 0 Å². The average Bonchev–Trinajstić information content (AvgIpc) is 3.23. The van der Waals surface area contributed by atoms with Gasteiger partial charge in [-0.1, -0.05) is 48.3 Å². The van der Waals surface area contributed by atoms with E-state index in [1.165, 1.54) is 0 Å². The number of nitrogens with zero attached hydrogens (tertiary/aromatic N) is 2. The van der Waals surface area contributed by atoms with E-state index >= 15 is 0 Å². The molecule has 1 saturated carbocycles. The second-order valence-electron chi connectivity index (χ2n) is 9.28. The molecule has 10 nitrogen and oxygen atoms in total. The summed E-state index contributed by atoms with van der Waals surface area (Å²) in [6, 6.07) is 12.6. The van der Waals surface area contributed by atoms with Gasteiger partial charge in [0.25, 0.3) is 0 Å². The summed E-state index contributed by atoms with van der Waals surface area (Å²) in [6.45, 7) is 3.33. The molecule has 0 saturated heterocycles. The Bertz CT molecular complexity index is 1390. The Labute approximate surface area is 215 Å². The van der Waals surface area contributed by atoms with Crippen molar-refractivity contribution in [2.24, 2.45) is 11.8 Å². The standard InChI is InChI=1S/C26H30N4O6S/c1-16-21(28-25(31)19-10-6-7-11-20(19)26(32)33)12-13-22(27-16)24-23(17(2)29-36-24)30-37(34,35)15-14-18-8-4-3-5-9-18/h3-5,8-9,12-13,19-20,30H,6-7,10-11,14-15H2,1-2H3,(H,28,31)(H,32,33)/t19-,20-/m0/s1. The molecule has 2 aromatic heterocycles. The number of aliphatic carboxylic acids is 1. The van der Waals surface area contributed by atoms with E-state index in [9.17, 15) is 23.1 Å². The lowest BCUT2D eigenvalue weighted by molar-refractivity contribution is -0.147. The molecule has 0 bridgehead atoms. The number of amides is 1. The van der Waals surface area contributed by atoms with Crippen molar-refractivity contribution in [3.63, 3.8) is 0 Å². The van der Waals surface area contributed by atoms with E-state index in [2.05, 4.69) is 20.2 Å². The molecule has 3 N–H and O–H groups in total. The molecule has 0 aliphatic heterocycles. The third kappa shape index (κ3) is 6.34. The molecule has 0 spiro atoms. The third-order valence-electron chi connectivity index (χ3n) is 6.62. The summed E-state index contributed by atoms with van der Waals surface area (Å²) in [5.74, 6) is -2.54. The van der Waals surface area contributed by atoms with E-state index in [-0.39, 0.29) is 23.1 Å². The molecule has 196 valence electrons. The lowest BCUT2D eigenvalue weighted by atomic mass is 9.78. The molecule has 0 unspecified atom stereocenters. The molecular formula is C26H30N4O6S. The molecule has 1 aliphatic carbocycles. The summed E-state index contributed by atoms with van der Waals surface area (Å²) in [7, 11) is -3.70. The van der Waals surface area contributed by atoms with Crippen LogP contribution in [-0.2, 0) is 26.0 Å². The number of benzene rings is 1. The monoisotopic (exact) mass is 526 g/mol. The number of anilines is 2. The largest absolute Gasteiger partial charge is 0.481 e. The third-order valence-corrected chi connectivity index (χ3v) is 7.88. The minimum atomic E-state index is -3.70. The van der Waals surface area contributed by atoms with Crippen LogP contribution in [0.4, 0.5) is 11.4 Å². The second-order valence-corrected chi connectivity index (χ2v) is 11.1. The highest BCUT2D eigenvalue weighted by Gasteiger charge is 2.36. The molecule has 37 heavy (non-hydrogen) atoms. The van der Waals surface area contributed by atoms with Gasteiger partial charge in [-0.15, -0.1) is 0 Å². The second kappa shape index (κ2) is 11.1. The van der Waals surface area contributed by atoms with Gasteiger partial charge in [-0.05, 0) is 50.8 Å². The number of carbonyl (C=O) groups is 2. The van der Waals surface area contributed by atoms with Crippen LogP contribution in [-0.4, -0.2) is 41.3 Å². The van der Waals surface area contributed by atoms with E-state index in [0.717, 1.165) is 18.4 Å². The number of hydrogen-bond donors (Lipinski definition) is 3. The average molecular weight is 527 g/mol. The van der Waals surface area contributed by atoms with Crippen LogP contribution in [0, 0.1) is 25.7 Å². The molecule has 1 amide bonds. The van der Waals surface area contributed by atoms with Crippen molar-refractivity contribution < 1.29 is 27.6 Å². The zero-order valence-corrected chi connectivity index (χ0v) is 21.5. The van der Waals surface area contributed by atoms with Gasteiger partial charge in [-0.3, -0.25) is 14.3 Å². The fraction of sp³-hybridized carbons (Fsp3) is 0.385.